The lowest BCUT2D eigenvalue weighted by atomic mass is 10.1. The summed E-state index contributed by atoms with van der Waals surface area (Å²) >= 11 is 1.82. The van der Waals surface area contributed by atoms with E-state index in [1.54, 1.807) is 0 Å². The Morgan fingerprint density at radius 2 is 1.69 bits per heavy atom. The molecule has 0 aliphatic carbocycles. The van der Waals surface area contributed by atoms with Crippen LogP contribution in [0.4, 0.5) is 5.69 Å². The summed E-state index contributed by atoms with van der Waals surface area (Å²) in [5, 5.41) is 10.5. The van der Waals surface area contributed by atoms with Gasteiger partial charge in [0.2, 0.25) is 5.91 Å². The second-order valence-corrected chi connectivity index (χ2v) is 8.88. The van der Waals surface area contributed by atoms with Crippen molar-refractivity contribution in [2.45, 2.75) is 24.0 Å². The lowest BCUT2D eigenvalue weighted by Gasteiger charge is -2.40. The van der Waals surface area contributed by atoms with Crippen LogP contribution >= 0.6 is 11.8 Å². The Morgan fingerprint density at radius 3 is 2.45 bits per heavy atom. The number of fused-ring (bicyclic) bond motifs is 1. The van der Waals surface area contributed by atoms with Crippen LogP contribution in [0, 0.1) is 0 Å². The van der Waals surface area contributed by atoms with Crippen LogP contribution in [0.3, 0.4) is 0 Å². The van der Waals surface area contributed by atoms with E-state index in [9.17, 15) is 9.90 Å². The lowest BCUT2D eigenvalue weighted by molar-refractivity contribution is -0.124. The van der Waals surface area contributed by atoms with E-state index in [0.717, 1.165) is 49.7 Å². The fourth-order valence-corrected chi connectivity index (χ4v) is 5.13. The molecule has 0 spiro atoms. The molecule has 0 saturated carbocycles. The highest BCUT2D eigenvalue weighted by atomic mass is 32.2. The molecule has 2 aromatic rings. The van der Waals surface area contributed by atoms with Crippen molar-refractivity contribution in [3.05, 3.63) is 60.2 Å². The Hall–Kier alpha value is -1.86. The number of amides is 1. The Kier molecular flexibility index (Phi) is 6.55. The molecule has 154 valence electrons. The Labute approximate surface area is 177 Å². The molecule has 2 atom stereocenters. The molecular formula is C23H29N3O2S. The van der Waals surface area contributed by atoms with Crippen molar-refractivity contribution in [2.75, 3.05) is 49.9 Å². The Balaban J connectivity index is 1.32. The number of para-hydroxylation sites is 1. The van der Waals surface area contributed by atoms with Gasteiger partial charge in [-0.1, -0.05) is 42.5 Å². The molecular weight excluding hydrogens is 382 g/mol. The van der Waals surface area contributed by atoms with Gasteiger partial charge in [0.1, 0.15) is 0 Å². The van der Waals surface area contributed by atoms with Crippen molar-refractivity contribution in [2.24, 2.45) is 0 Å². The number of hydrogen-bond acceptors (Lipinski definition) is 5. The summed E-state index contributed by atoms with van der Waals surface area (Å²) in [6.45, 7) is 6.87. The average molecular weight is 412 g/mol. The SMILES string of the molecule is CC(C(=O)N1CCSc2ccccc21)N1CCN(CC(O)c2ccccc2)CC1. The van der Waals surface area contributed by atoms with Gasteiger partial charge in [0.15, 0.2) is 0 Å². The number of benzene rings is 2. The number of thioether (sulfide) groups is 1. The van der Waals surface area contributed by atoms with E-state index in [1.807, 2.05) is 66.1 Å². The third kappa shape index (κ3) is 4.67. The highest BCUT2D eigenvalue weighted by molar-refractivity contribution is 7.99. The molecule has 2 aliphatic rings. The third-order valence-corrected chi connectivity index (χ3v) is 6.96. The average Bonchev–Trinajstić information content (AvgIpc) is 2.79. The summed E-state index contributed by atoms with van der Waals surface area (Å²) in [6.07, 6.45) is -0.468. The zero-order valence-corrected chi connectivity index (χ0v) is 17.7. The maximum atomic E-state index is 13.2. The molecule has 29 heavy (non-hydrogen) atoms. The van der Waals surface area contributed by atoms with Crippen LogP contribution in [-0.4, -0.2) is 71.9 Å². The minimum atomic E-state index is -0.468. The molecule has 0 bridgehead atoms. The molecule has 0 radical (unpaired) electrons. The minimum absolute atomic E-state index is 0.132. The number of anilines is 1. The van der Waals surface area contributed by atoms with Gasteiger partial charge in [-0.05, 0) is 24.6 Å². The van der Waals surface area contributed by atoms with Gasteiger partial charge in [-0.3, -0.25) is 14.6 Å². The topological polar surface area (TPSA) is 47.0 Å². The number of aliphatic hydroxyl groups is 1. The second kappa shape index (κ2) is 9.30. The molecule has 1 amide bonds. The summed E-state index contributed by atoms with van der Waals surface area (Å²) in [4.78, 5) is 20.9. The first-order chi connectivity index (χ1) is 14.1. The van der Waals surface area contributed by atoms with Crippen molar-refractivity contribution in [3.8, 4) is 0 Å². The predicted molar refractivity (Wildman–Crippen MR) is 118 cm³/mol. The van der Waals surface area contributed by atoms with Crippen LogP contribution in [0.25, 0.3) is 0 Å². The van der Waals surface area contributed by atoms with E-state index in [1.165, 1.54) is 4.90 Å². The number of piperazine rings is 1. The summed E-state index contributed by atoms with van der Waals surface area (Å²) in [5.74, 6) is 1.14. The molecule has 0 aromatic heterocycles. The summed E-state index contributed by atoms with van der Waals surface area (Å²) < 4.78 is 0. The van der Waals surface area contributed by atoms with Gasteiger partial charge < -0.3 is 10.0 Å². The smallest absolute Gasteiger partial charge is 0.244 e. The fraction of sp³-hybridized carbons (Fsp3) is 0.435. The van der Waals surface area contributed by atoms with Crippen molar-refractivity contribution < 1.29 is 9.90 Å². The summed E-state index contributed by atoms with van der Waals surface area (Å²) in [5.41, 5.74) is 2.00. The molecule has 2 unspecified atom stereocenters. The molecule has 4 rings (SSSR count). The first-order valence-electron chi connectivity index (χ1n) is 10.4. The predicted octanol–water partition coefficient (Wildman–Crippen LogP) is 2.87. The largest absolute Gasteiger partial charge is 0.387 e. The normalized spacial score (nSPS) is 20.1. The van der Waals surface area contributed by atoms with Gasteiger partial charge in [0.25, 0.3) is 0 Å². The standard InChI is InChI=1S/C23H29N3O2S/c1-18(23(28)26-15-16-29-22-10-6-5-9-20(22)26)25-13-11-24(12-14-25)17-21(27)19-7-3-2-4-8-19/h2-10,18,21,27H,11-17H2,1H3. The van der Waals surface area contributed by atoms with E-state index in [-0.39, 0.29) is 11.9 Å². The number of β-amino-alcohol motifs (C(OH)–C–C–N with tert-alkyl or cyclic N) is 1. The highest BCUT2D eigenvalue weighted by Gasteiger charge is 2.31. The van der Waals surface area contributed by atoms with E-state index in [0.29, 0.717) is 6.54 Å². The highest BCUT2D eigenvalue weighted by Crippen LogP contribution is 2.34. The van der Waals surface area contributed by atoms with E-state index >= 15 is 0 Å². The Morgan fingerprint density at radius 1 is 1.00 bits per heavy atom. The zero-order valence-electron chi connectivity index (χ0n) is 16.9. The van der Waals surface area contributed by atoms with E-state index < -0.39 is 6.10 Å². The number of aliphatic hydroxyl groups excluding tert-OH is 1. The van der Waals surface area contributed by atoms with E-state index in [4.69, 9.17) is 0 Å². The minimum Gasteiger partial charge on any atom is -0.387 e. The first kappa shape index (κ1) is 20.4. The van der Waals surface area contributed by atoms with Gasteiger partial charge in [-0.15, -0.1) is 11.8 Å². The maximum absolute atomic E-state index is 13.2. The molecule has 1 N–H and O–H groups in total. The van der Waals surface area contributed by atoms with Crippen LogP contribution < -0.4 is 4.90 Å². The monoisotopic (exact) mass is 411 g/mol. The number of carbonyl (C=O) groups is 1. The first-order valence-corrected chi connectivity index (χ1v) is 11.3. The molecule has 2 aliphatic heterocycles. The lowest BCUT2D eigenvalue weighted by Crippen LogP contribution is -2.55. The quantitative estimate of drug-likeness (QED) is 0.820. The van der Waals surface area contributed by atoms with Crippen molar-refractivity contribution in [1.82, 2.24) is 9.80 Å². The van der Waals surface area contributed by atoms with Crippen molar-refractivity contribution >= 4 is 23.4 Å². The molecule has 2 heterocycles. The maximum Gasteiger partial charge on any atom is 0.244 e. The molecule has 1 fully saturated rings. The third-order valence-electron chi connectivity index (χ3n) is 5.92. The molecule has 6 heteroatoms. The van der Waals surface area contributed by atoms with Crippen LogP contribution in [-0.2, 0) is 4.79 Å². The van der Waals surface area contributed by atoms with E-state index in [2.05, 4.69) is 21.9 Å². The number of nitrogens with zero attached hydrogens (tertiary/aromatic N) is 3. The van der Waals surface area contributed by atoms with Crippen molar-refractivity contribution in [3.63, 3.8) is 0 Å². The van der Waals surface area contributed by atoms with Gasteiger partial charge in [0, 0.05) is 49.9 Å². The van der Waals surface area contributed by atoms with Crippen LogP contribution in [0.15, 0.2) is 59.5 Å². The van der Waals surface area contributed by atoms with Crippen LogP contribution in [0.5, 0.6) is 0 Å². The second-order valence-electron chi connectivity index (χ2n) is 7.75. The Bertz CT molecular complexity index is 824. The van der Waals surface area contributed by atoms with Crippen LogP contribution in [0.1, 0.15) is 18.6 Å². The number of hydrogen-bond donors (Lipinski definition) is 1. The van der Waals surface area contributed by atoms with Gasteiger partial charge in [-0.2, -0.15) is 0 Å². The summed E-state index contributed by atoms with van der Waals surface area (Å²) in [7, 11) is 0. The number of rotatable bonds is 5. The molecule has 1 saturated heterocycles. The molecule has 2 aromatic carbocycles. The van der Waals surface area contributed by atoms with Crippen LogP contribution in [0.2, 0.25) is 0 Å². The van der Waals surface area contributed by atoms with Gasteiger partial charge >= 0.3 is 0 Å². The number of carbonyl (C=O) groups excluding carboxylic acids is 1. The van der Waals surface area contributed by atoms with Crippen molar-refractivity contribution in [1.29, 1.82) is 0 Å². The summed E-state index contributed by atoms with van der Waals surface area (Å²) in [6, 6.07) is 17.9. The fourth-order valence-electron chi connectivity index (χ4n) is 4.14. The van der Waals surface area contributed by atoms with Gasteiger partial charge in [-0.25, -0.2) is 0 Å². The zero-order chi connectivity index (χ0) is 20.2. The van der Waals surface area contributed by atoms with Gasteiger partial charge in [0.05, 0.1) is 17.8 Å². The molecule has 5 nitrogen and oxygen atoms in total.